The third-order valence-corrected chi connectivity index (χ3v) is 2.02. The van der Waals surface area contributed by atoms with E-state index in [0.717, 1.165) is 6.42 Å². The lowest BCUT2D eigenvalue weighted by Crippen LogP contribution is -2.16. The monoisotopic (exact) mass is 225 g/mol. The average Bonchev–Trinajstić information content (AvgIpc) is 1.83. The summed E-state index contributed by atoms with van der Waals surface area (Å²) < 4.78 is 0.587. The average molecular weight is 225 g/mol. The molecule has 0 saturated carbocycles. The first-order chi connectivity index (χ1) is 3.81. The Hall–Kier alpha value is 0.430. The number of hydrogen-bond donors (Lipinski definition) is 1. The van der Waals surface area contributed by atoms with E-state index in [4.69, 9.17) is 0 Å². The summed E-state index contributed by atoms with van der Waals surface area (Å²) in [6.07, 6.45) is 5.35. The number of rotatable bonds is 3. The van der Waals surface area contributed by atoms with Gasteiger partial charge < -0.3 is 5.32 Å². The van der Waals surface area contributed by atoms with Gasteiger partial charge in [0.05, 0.1) is 4.05 Å². The molecule has 0 rings (SSSR count). The van der Waals surface area contributed by atoms with E-state index in [-0.39, 0.29) is 0 Å². The van der Waals surface area contributed by atoms with E-state index in [2.05, 4.69) is 40.1 Å². The summed E-state index contributed by atoms with van der Waals surface area (Å²) in [6.45, 7) is 2.04. The topological polar surface area (TPSA) is 12.0 Å². The summed E-state index contributed by atoms with van der Waals surface area (Å²) in [4.78, 5) is 0. The zero-order chi connectivity index (χ0) is 6.41. The van der Waals surface area contributed by atoms with Crippen LogP contribution in [0.2, 0.25) is 0 Å². The van der Waals surface area contributed by atoms with Crippen molar-refractivity contribution in [2.24, 2.45) is 0 Å². The molecule has 0 aromatic rings. The molecule has 0 aliphatic heterocycles. The van der Waals surface area contributed by atoms with Crippen LogP contribution < -0.4 is 5.32 Å². The largest absolute Gasteiger partial charge is 0.308 e. The molecule has 0 fully saturated rings. The maximum atomic E-state index is 3.14. The molecule has 0 heterocycles. The van der Waals surface area contributed by atoms with Gasteiger partial charge in [0.15, 0.2) is 0 Å². The van der Waals surface area contributed by atoms with Gasteiger partial charge in [-0.25, -0.2) is 0 Å². The molecule has 0 aliphatic carbocycles. The Bertz CT molecular complexity index is 70.9. The lowest BCUT2D eigenvalue weighted by Gasteiger charge is -2.01. The molecule has 0 aromatic heterocycles. The molecular weight excluding hydrogens is 213 g/mol. The molecule has 48 valence electrons. The molecule has 0 aliphatic rings. The lowest BCUT2D eigenvalue weighted by molar-refractivity contribution is 0.778. The van der Waals surface area contributed by atoms with Crippen LogP contribution in [0, 0.1) is 0 Å². The van der Waals surface area contributed by atoms with Gasteiger partial charge in [0.1, 0.15) is 0 Å². The van der Waals surface area contributed by atoms with E-state index in [1.54, 1.807) is 0 Å². The number of allylic oxidation sites excluding steroid dienone is 1. The van der Waals surface area contributed by atoms with Crippen molar-refractivity contribution in [1.29, 1.82) is 0 Å². The van der Waals surface area contributed by atoms with Gasteiger partial charge in [0.25, 0.3) is 0 Å². The van der Waals surface area contributed by atoms with Crippen LogP contribution >= 0.6 is 22.6 Å². The fourth-order valence-electron chi connectivity index (χ4n) is 0.373. The highest BCUT2D eigenvalue weighted by Gasteiger charge is 1.92. The molecule has 1 atom stereocenters. The van der Waals surface area contributed by atoms with E-state index in [1.165, 1.54) is 0 Å². The van der Waals surface area contributed by atoms with Crippen molar-refractivity contribution in [3.05, 3.63) is 12.2 Å². The fraction of sp³-hybridized carbons (Fsp3) is 0.667. The molecule has 0 radical (unpaired) electrons. The van der Waals surface area contributed by atoms with Crippen molar-refractivity contribution < 1.29 is 0 Å². The van der Waals surface area contributed by atoms with Crippen LogP contribution in [-0.4, -0.2) is 11.1 Å². The number of halogens is 1. The minimum atomic E-state index is 0.587. The van der Waals surface area contributed by atoms with E-state index < -0.39 is 0 Å². The third-order valence-electron chi connectivity index (χ3n) is 0.892. The van der Waals surface area contributed by atoms with Crippen LogP contribution in [0.4, 0.5) is 0 Å². The van der Waals surface area contributed by atoms with Gasteiger partial charge in [-0.05, 0) is 20.4 Å². The Morgan fingerprint density at radius 2 is 2.38 bits per heavy atom. The first-order valence-corrected chi connectivity index (χ1v) is 3.98. The van der Waals surface area contributed by atoms with Crippen molar-refractivity contribution in [2.45, 2.75) is 17.4 Å². The van der Waals surface area contributed by atoms with E-state index >= 15 is 0 Å². The molecule has 8 heavy (non-hydrogen) atoms. The summed E-state index contributed by atoms with van der Waals surface area (Å²) in [5, 5.41) is 3.14. The van der Waals surface area contributed by atoms with Gasteiger partial charge in [-0.1, -0.05) is 34.7 Å². The first kappa shape index (κ1) is 8.43. The fourth-order valence-corrected chi connectivity index (χ4v) is 0.667. The normalized spacial score (nSPS) is 14.9. The quantitative estimate of drug-likeness (QED) is 0.335. The standard InChI is InChI=1S/C6H12IN/c1-3-4-5-6(7)8-2/h3-4,6,8H,5H2,1-2H3/b4-3-. The molecule has 1 nitrogen and oxygen atoms in total. The SMILES string of the molecule is C/C=C\CC(I)NC. The first-order valence-electron chi connectivity index (χ1n) is 2.73. The maximum absolute atomic E-state index is 3.14. The summed E-state index contributed by atoms with van der Waals surface area (Å²) in [6, 6.07) is 0. The highest BCUT2D eigenvalue weighted by Crippen LogP contribution is 2.00. The zero-order valence-electron chi connectivity index (χ0n) is 5.32. The van der Waals surface area contributed by atoms with Crippen molar-refractivity contribution in [3.63, 3.8) is 0 Å². The summed E-state index contributed by atoms with van der Waals surface area (Å²) in [7, 11) is 1.97. The second-order valence-electron chi connectivity index (χ2n) is 1.56. The van der Waals surface area contributed by atoms with Crippen LogP contribution in [0.15, 0.2) is 12.2 Å². The van der Waals surface area contributed by atoms with Gasteiger partial charge in [0, 0.05) is 0 Å². The van der Waals surface area contributed by atoms with Gasteiger partial charge in [-0.3, -0.25) is 0 Å². The Kier molecular flexibility index (Phi) is 5.86. The summed E-state index contributed by atoms with van der Waals surface area (Å²) >= 11 is 2.37. The van der Waals surface area contributed by atoms with Crippen molar-refractivity contribution in [2.75, 3.05) is 7.05 Å². The number of hydrogen-bond acceptors (Lipinski definition) is 1. The Morgan fingerprint density at radius 3 is 2.75 bits per heavy atom. The summed E-state index contributed by atoms with van der Waals surface area (Å²) in [5.41, 5.74) is 0. The van der Waals surface area contributed by atoms with Gasteiger partial charge in [0.2, 0.25) is 0 Å². The van der Waals surface area contributed by atoms with E-state index in [1.807, 2.05) is 14.0 Å². The lowest BCUT2D eigenvalue weighted by atomic mass is 10.4. The Balaban J connectivity index is 3.10. The predicted octanol–water partition coefficient (Wildman–Crippen LogP) is 1.93. The molecule has 1 N–H and O–H groups in total. The van der Waals surface area contributed by atoms with Crippen LogP contribution in [0.3, 0.4) is 0 Å². The minimum absolute atomic E-state index is 0.587. The van der Waals surface area contributed by atoms with Crippen molar-refractivity contribution in [1.82, 2.24) is 5.32 Å². The molecule has 0 spiro atoms. The highest BCUT2D eigenvalue weighted by atomic mass is 127. The van der Waals surface area contributed by atoms with Crippen LogP contribution in [0.1, 0.15) is 13.3 Å². The highest BCUT2D eigenvalue weighted by molar-refractivity contribution is 14.1. The predicted molar refractivity (Wildman–Crippen MR) is 46.3 cm³/mol. The van der Waals surface area contributed by atoms with E-state index in [0.29, 0.717) is 4.05 Å². The van der Waals surface area contributed by atoms with Crippen LogP contribution in [0.25, 0.3) is 0 Å². The maximum Gasteiger partial charge on any atom is 0.0626 e. The molecule has 1 unspecified atom stereocenters. The molecule has 0 bridgehead atoms. The van der Waals surface area contributed by atoms with Crippen LogP contribution in [-0.2, 0) is 0 Å². The van der Waals surface area contributed by atoms with Gasteiger partial charge in [-0.15, -0.1) is 0 Å². The van der Waals surface area contributed by atoms with Gasteiger partial charge in [-0.2, -0.15) is 0 Å². The Labute approximate surface area is 64.7 Å². The molecule has 0 aromatic carbocycles. The molecule has 0 saturated heterocycles. The van der Waals surface area contributed by atoms with E-state index in [9.17, 15) is 0 Å². The molecule has 2 heteroatoms. The third kappa shape index (κ3) is 4.59. The minimum Gasteiger partial charge on any atom is -0.308 e. The zero-order valence-corrected chi connectivity index (χ0v) is 7.47. The summed E-state index contributed by atoms with van der Waals surface area (Å²) in [5.74, 6) is 0. The second kappa shape index (κ2) is 5.56. The molecular formula is C6H12IN. The number of alkyl halides is 1. The number of nitrogens with one attached hydrogen (secondary N) is 1. The Morgan fingerprint density at radius 1 is 1.75 bits per heavy atom. The second-order valence-corrected chi connectivity index (χ2v) is 3.06. The van der Waals surface area contributed by atoms with Crippen molar-refractivity contribution in [3.8, 4) is 0 Å². The van der Waals surface area contributed by atoms with Crippen molar-refractivity contribution >= 4 is 22.6 Å². The van der Waals surface area contributed by atoms with Gasteiger partial charge >= 0.3 is 0 Å². The smallest absolute Gasteiger partial charge is 0.0626 e. The van der Waals surface area contributed by atoms with Crippen LogP contribution in [0.5, 0.6) is 0 Å². The molecule has 0 amide bonds.